The topological polar surface area (TPSA) is 16.1 Å². The molecule has 0 bridgehead atoms. The lowest BCUT2D eigenvalue weighted by molar-refractivity contribution is 0.562. The van der Waals surface area contributed by atoms with E-state index in [1.165, 1.54) is 0 Å². The molecule has 0 fully saturated rings. The van der Waals surface area contributed by atoms with E-state index in [2.05, 4.69) is 39.7 Å². The lowest BCUT2D eigenvalue weighted by Gasteiger charge is -2.31. The first-order chi connectivity index (χ1) is 8.13. The van der Waals surface area contributed by atoms with Crippen LogP contribution < -0.4 is 4.90 Å². The van der Waals surface area contributed by atoms with Crippen LogP contribution in [0.2, 0.25) is 5.02 Å². The number of halogens is 3. The Bertz CT molecular complexity index is 356. The number of anilines is 1. The van der Waals surface area contributed by atoms with Crippen molar-refractivity contribution in [2.75, 3.05) is 17.3 Å². The summed E-state index contributed by atoms with van der Waals surface area (Å²) in [6.45, 7) is 5.15. The van der Waals surface area contributed by atoms with Gasteiger partial charge in [0.15, 0.2) is 0 Å². The van der Waals surface area contributed by atoms with E-state index in [0.29, 0.717) is 16.9 Å². The predicted octanol–water partition coefficient (Wildman–Crippen LogP) is 4.73. The molecule has 1 heterocycles. The summed E-state index contributed by atoms with van der Waals surface area (Å²) in [7, 11) is 0. The van der Waals surface area contributed by atoms with Crippen LogP contribution in [0.4, 0.5) is 5.82 Å². The molecule has 0 amide bonds. The minimum Gasteiger partial charge on any atom is -0.352 e. The molecule has 0 atom stereocenters. The molecule has 17 heavy (non-hydrogen) atoms. The quantitative estimate of drug-likeness (QED) is 0.696. The SMILES string of the molecule is CCC(CC)N(CCCl)c1ncc(Cl)cc1Br. The average Bonchev–Trinajstić information content (AvgIpc) is 2.30. The van der Waals surface area contributed by atoms with Gasteiger partial charge in [-0.15, -0.1) is 11.6 Å². The summed E-state index contributed by atoms with van der Waals surface area (Å²) in [6, 6.07) is 2.33. The van der Waals surface area contributed by atoms with Gasteiger partial charge in [0.2, 0.25) is 0 Å². The zero-order chi connectivity index (χ0) is 12.8. The summed E-state index contributed by atoms with van der Waals surface area (Å²) in [4.78, 5) is 6.65. The summed E-state index contributed by atoms with van der Waals surface area (Å²) >= 11 is 15.3. The number of rotatable bonds is 6. The number of hydrogen-bond acceptors (Lipinski definition) is 2. The van der Waals surface area contributed by atoms with Crippen LogP contribution in [0.1, 0.15) is 26.7 Å². The van der Waals surface area contributed by atoms with Crippen molar-refractivity contribution in [1.82, 2.24) is 4.98 Å². The molecule has 0 unspecified atom stereocenters. The van der Waals surface area contributed by atoms with E-state index in [4.69, 9.17) is 23.2 Å². The fourth-order valence-corrected chi connectivity index (χ4v) is 2.95. The molecular weight excluding hydrogens is 323 g/mol. The number of alkyl halides is 1. The fraction of sp³-hybridized carbons (Fsp3) is 0.583. The predicted molar refractivity (Wildman–Crippen MR) is 79.4 cm³/mol. The van der Waals surface area contributed by atoms with E-state index in [0.717, 1.165) is 29.7 Å². The second-order valence-corrected chi connectivity index (χ2v) is 5.48. The molecule has 0 aromatic carbocycles. The molecule has 0 aliphatic rings. The molecule has 0 saturated heterocycles. The van der Waals surface area contributed by atoms with Gasteiger partial charge in [0.25, 0.3) is 0 Å². The van der Waals surface area contributed by atoms with Crippen LogP contribution in [0.15, 0.2) is 16.7 Å². The zero-order valence-electron chi connectivity index (χ0n) is 10.1. The number of nitrogens with zero attached hydrogens (tertiary/aromatic N) is 2. The van der Waals surface area contributed by atoms with Crippen LogP contribution in [0.3, 0.4) is 0 Å². The van der Waals surface area contributed by atoms with Gasteiger partial charge in [-0.2, -0.15) is 0 Å². The molecule has 0 aliphatic carbocycles. The Morgan fingerprint density at radius 3 is 2.53 bits per heavy atom. The van der Waals surface area contributed by atoms with E-state index in [9.17, 15) is 0 Å². The van der Waals surface area contributed by atoms with Gasteiger partial charge in [-0.1, -0.05) is 25.4 Å². The third-order valence-corrected chi connectivity index (χ3v) is 3.73. The van der Waals surface area contributed by atoms with Crippen molar-refractivity contribution in [3.05, 3.63) is 21.8 Å². The monoisotopic (exact) mass is 338 g/mol. The molecule has 1 aromatic rings. The smallest absolute Gasteiger partial charge is 0.143 e. The zero-order valence-corrected chi connectivity index (χ0v) is 13.2. The second kappa shape index (κ2) is 7.45. The number of pyridine rings is 1. The summed E-state index contributed by atoms with van der Waals surface area (Å²) in [5.41, 5.74) is 0. The van der Waals surface area contributed by atoms with Gasteiger partial charge in [-0.05, 0) is 34.8 Å². The van der Waals surface area contributed by atoms with Crippen LogP contribution in [-0.2, 0) is 0 Å². The molecule has 0 spiro atoms. The van der Waals surface area contributed by atoms with E-state index in [1.807, 2.05) is 6.07 Å². The minimum atomic E-state index is 0.457. The second-order valence-electron chi connectivity index (χ2n) is 3.81. The molecule has 0 aliphatic heterocycles. The minimum absolute atomic E-state index is 0.457. The summed E-state index contributed by atoms with van der Waals surface area (Å²) < 4.78 is 0.919. The van der Waals surface area contributed by atoms with Gasteiger partial charge in [0.05, 0.1) is 9.50 Å². The molecule has 96 valence electrons. The maximum absolute atomic E-state index is 5.91. The third kappa shape index (κ3) is 4.01. The number of hydrogen-bond donors (Lipinski definition) is 0. The van der Waals surface area contributed by atoms with Crippen molar-refractivity contribution in [3.63, 3.8) is 0 Å². The summed E-state index contributed by atoms with van der Waals surface area (Å²) in [6.07, 6.45) is 3.82. The molecule has 0 saturated carbocycles. The molecule has 1 aromatic heterocycles. The molecule has 5 heteroatoms. The van der Waals surface area contributed by atoms with Gasteiger partial charge in [-0.3, -0.25) is 0 Å². The van der Waals surface area contributed by atoms with Crippen molar-refractivity contribution >= 4 is 44.9 Å². The third-order valence-electron chi connectivity index (χ3n) is 2.77. The van der Waals surface area contributed by atoms with Crippen molar-refractivity contribution in [3.8, 4) is 0 Å². The van der Waals surface area contributed by atoms with E-state index in [1.54, 1.807) is 6.20 Å². The lowest BCUT2D eigenvalue weighted by atomic mass is 10.1. The highest BCUT2D eigenvalue weighted by Gasteiger charge is 2.18. The molecule has 1 rings (SSSR count). The first-order valence-corrected chi connectivity index (χ1v) is 7.48. The van der Waals surface area contributed by atoms with Crippen molar-refractivity contribution in [1.29, 1.82) is 0 Å². The number of aromatic nitrogens is 1. The van der Waals surface area contributed by atoms with E-state index < -0.39 is 0 Å². The van der Waals surface area contributed by atoms with Crippen LogP contribution in [0.25, 0.3) is 0 Å². The van der Waals surface area contributed by atoms with Crippen LogP contribution in [0.5, 0.6) is 0 Å². The average molecular weight is 340 g/mol. The highest BCUT2D eigenvalue weighted by molar-refractivity contribution is 9.10. The van der Waals surface area contributed by atoms with E-state index in [-0.39, 0.29) is 0 Å². The molecular formula is C12H17BrCl2N2. The van der Waals surface area contributed by atoms with Crippen molar-refractivity contribution in [2.24, 2.45) is 0 Å². The first kappa shape index (κ1) is 15.1. The van der Waals surface area contributed by atoms with Crippen LogP contribution in [0, 0.1) is 0 Å². The maximum Gasteiger partial charge on any atom is 0.143 e. The van der Waals surface area contributed by atoms with Crippen molar-refractivity contribution in [2.45, 2.75) is 32.7 Å². The largest absolute Gasteiger partial charge is 0.352 e. The van der Waals surface area contributed by atoms with Gasteiger partial charge in [0, 0.05) is 24.7 Å². The first-order valence-electron chi connectivity index (χ1n) is 5.77. The highest BCUT2D eigenvalue weighted by Crippen LogP contribution is 2.29. The Morgan fingerprint density at radius 1 is 1.41 bits per heavy atom. The Hall–Kier alpha value is 0.01000. The fourth-order valence-electron chi connectivity index (χ4n) is 1.90. The molecule has 2 nitrogen and oxygen atoms in total. The van der Waals surface area contributed by atoms with E-state index >= 15 is 0 Å². The normalized spacial score (nSPS) is 10.9. The maximum atomic E-state index is 5.91. The van der Waals surface area contributed by atoms with Gasteiger partial charge < -0.3 is 4.90 Å². The Morgan fingerprint density at radius 2 is 2.06 bits per heavy atom. The lowest BCUT2D eigenvalue weighted by Crippen LogP contribution is -2.37. The molecule has 0 N–H and O–H groups in total. The van der Waals surface area contributed by atoms with Gasteiger partial charge in [0.1, 0.15) is 5.82 Å². The van der Waals surface area contributed by atoms with Crippen LogP contribution in [-0.4, -0.2) is 23.5 Å². The Kier molecular flexibility index (Phi) is 6.60. The van der Waals surface area contributed by atoms with Crippen molar-refractivity contribution < 1.29 is 0 Å². The van der Waals surface area contributed by atoms with Gasteiger partial charge in [-0.25, -0.2) is 4.98 Å². The summed E-state index contributed by atoms with van der Waals surface area (Å²) in [5, 5.41) is 0.635. The standard InChI is InChI=1S/C12H17BrCl2N2/c1-3-10(4-2)17(6-5-14)12-11(13)7-9(15)8-16-12/h7-8,10H,3-6H2,1-2H3. The molecule has 0 radical (unpaired) electrons. The Balaban J connectivity index is 3.03. The van der Waals surface area contributed by atoms with Crippen LogP contribution >= 0.6 is 39.1 Å². The Labute approximate surface area is 121 Å². The van der Waals surface area contributed by atoms with Gasteiger partial charge >= 0.3 is 0 Å². The summed E-state index contributed by atoms with van der Waals surface area (Å²) in [5.74, 6) is 1.51. The highest BCUT2D eigenvalue weighted by atomic mass is 79.9.